The number of rotatable bonds is 3. The number of aromatic nitrogens is 4. The van der Waals surface area contributed by atoms with Gasteiger partial charge in [0.05, 0.1) is 17.1 Å². The lowest BCUT2D eigenvalue weighted by Crippen LogP contribution is -2.34. The van der Waals surface area contributed by atoms with Crippen molar-refractivity contribution < 1.29 is 8.42 Å². The lowest BCUT2D eigenvalue weighted by molar-refractivity contribution is 0.452. The summed E-state index contributed by atoms with van der Waals surface area (Å²) in [6.07, 6.45) is 1.63. The number of aryl methyl sites for hydroxylation is 2. The molecule has 0 amide bonds. The van der Waals surface area contributed by atoms with Crippen LogP contribution in [-0.4, -0.2) is 59.1 Å². The number of aromatic amines is 1. The van der Waals surface area contributed by atoms with Crippen LogP contribution in [-0.2, 0) is 15.4 Å². The Balaban J connectivity index is 1.50. The molecule has 2 aliphatic heterocycles. The summed E-state index contributed by atoms with van der Waals surface area (Å²) in [7, 11) is -3.51. The van der Waals surface area contributed by atoms with Crippen LogP contribution in [0.1, 0.15) is 37.9 Å². The van der Waals surface area contributed by atoms with Gasteiger partial charge in [-0.25, -0.2) is 18.4 Å². The maximum Gasteiger partial charge on any atom is 0.246 e. The van der Waals surface area contributed by atoms with E-state index in [4.69, 9.17) is 0 Å². The zero-order valence-corrected chi connectivity index (χ0v) is 17.9. The first kappa shape index (κ1) is 19.3. The number of sulfonamides is 1. The normalized spacial score (nSPS) is 23.4. The van der Waals surface area contributed by atoms with Crippen LogP contribution in [0.3, 0.4) is 0 Å². The summed E-state index contributed by atoms with van der Waals surface area (Å²) in [4.78, 5) is 11.5. The van der Waals surface area contributed by atoms with E-state index in [1.54, 1.807) is 24.5 Å². The number of H-pyrrole nitrogens is 1. The van der Waals surface area contributed by atoms with Gasteiger partial charge in [-0.15, -0.1) is 0 Å². The molecule has 2 saturated heterocycles. The van der Waals surface area contributed by atoms with Crippen LogP contribution in [0.25, 0.3) is 0 Å². The van der Waals surface area contributed by atoms with Crippen molar-refractivity contribution in [2.24, 2.45) is 11.8 Å². The second-order valence-electron chi connectivity index (χ2n) is 9.02. The lowest BCUT2D eigenvalue weighted by atomic mass is 9.92. The van der Waals surface area contributed by atoms with Gasteiger partial charge < -0.3 is 4.90 Å². The fourth-order valence-electron chi connectivity index (χ4n) is 4.31. The number of nitrogens with one attached hydrogen (secondary N) is 1. The molecule has 4 heterocycles. The monoisotopic (exact) mass is 404 g/mol. The number of anilines is 1. The summed E-state index contributed by atoms with van der Waals surface area (Å²) >= 11 is 0. The first-order valence-corrected chi connectivity index (χ1v) is 11.1. The smallest absolute Gasteiger partial charge is 0.246 e. The summed E-state index contributed by atoms with van der Waals surface area (Å²) < 4.78 is 27.8. The van der Waals surface area contributed by atoms with Crippen molar-refractivity contribution >= 4 is 15.8 Å². The number of fused-ring (bicyclic) bond motifs is 1. The van der Waals surface area contributed by atoms with E-state index in [-0.39, 0.29) is 5.41 Å². The van der Waals surface area contributed by atoms with Gasteiger partial charge in [0.1, 0.15) is 17.0 Å². The zero-order valence-electron chi connectivity index (χ0n) is 17.1. The lowest BCUT2D eigenvalue weighted by Gasteiger charge is -2.24. The highest BCUT2D eigenvalue weighted by Crippen LogP contribution is 2.37. The predicted molar refractivity (Wildman–Crippen MR) is 107 cm³/mol. The van der Waals surface area contributed by atoms with Crippen molar-refractivity contribution in [3.05, 3.63) is 29.5 Å². The highest BCUT2D eigenvalue weighted by atomic mass is 32.2. The van der Waals surface area contributed by atoms with Gasteiger partial charge in [0, 0.05) is 37.7 Å². The molecule has 9 heteroatoms. The number of nitrogens with zero attached hydrogens (tertiary/aromatic N) is 5. The third-order valence-corrected chi connectivity index (χ3v) is 7.95. The molecule has 2 aromatic heterocycles. The van der Waals surface area contributed by atoms with Crippen molar-refractivity contribution in [1.29, 1.82) is 0 Å². The fraction of sp³-hybridized carbons (Fsp3) is 0.632. The molecule has 2 aliphatic rings. The number of hydrogen-bond donors (Lipinski definition) is 1. The van der Waals surface area contributed by atoms with E-state index in [2.05, 4.69) is 51.9 Å². The summed E-state index contributed by atoms with van der Waals surface area (Å²) in [6, 6.07) is 2.06. The molecule has 4 rings (SSSR count). The molecular weight excluding hydrogens is 376 g/mol. The molecule has 2 fully saturated rings. The molecular formula is C19H28N6O2S. The van der Waals surface area contributed by atoms with Gasteiger partial charge in [-0.2, -0.15) is 9.40 Å². The molecule has 0 radical (unpaired) electrons. The van der Waals surface area contributed by atoms with E-state index >= 15 is 0 Å². The van der Waals surface area contributed by atoms with Gasteiger partial charge in [-0.05, 0) is 25.7 Å². The third-order valence-electron chi connectivity index (χ3n) is 5.86. The summed E-state index contributed by atoms with van der Waals surface area (Å²) in [5.74, 6) is 1.57. The van der Waals surface area contributed by atoms with Gasteiger partial charge >= 0.3 is 0 Å². The van der Waals surface area contributed by atoms with Gasteiger partial charge in [0.15, 0.2) is 0 Å². The Morgan fingerprint density at radius 1 is 1.07 bits per heavy atom. The number of hydrogen-bond acceptors (Lipinski definition) is 6. The van der Waals surface area contributed by atoms with Gasteiger partial charge in [0.2, 0.25) is 10.0 Å². The molecule has 28 heavy (non-hydrogen) atoms. The Morgan fingerprint density at radius 3 is 2.25 bits per heavy atom. The Bertz CT molecular complexity index is 961. The minimum absolute atomic E-state index is 0.0293. The second-order valence-corrected chi connectivity index (χ2v) is 10.9. The Morgan fingerprint density at radius 2 is 1.71 bits per heavy atom. The van der Waals surface area contributed by atoms with E-state index in [9.17, 15) is 8.42 Å². The topological polar surface area (TPSA) is 95.1 Å². The fourth-order valence-corrected chi connectivity index (χ4v) is 6.20. The van der Waals surface area contributed by atoms with E-state index < -0.39 is 10.0 Å². The van der Waals surface area contributed by atoms with Crippen LogP contribution in [0.2, 0.25) is 0 Å². The van der Waals surface area contributed by atoms with Crippen molar-refractivity contribution in [3.63, 3.8) is 0 Å². The van der Waals surface area contributed by atoms with Crippen molar-refractivity contribution in [1.82, 2.24) is 24.5 Å². The van der Waals surface area contributed by atoms with Crippen molar-refractivity contribution in [2.45, 2.75) is 44.9 Å². The molecule has 0 aromatic carbocycles. The average Bonchev–Trinajstić information content (AvgIpc) is 3.27. The minimum Gasteiger partial charge on any atom is -0.356 e. The molecule has 0 spiro atoms. The summed E-state index contributed by atoms with van der Waals surface area (Å²) in [5, 5.41) is 6.84. The van der Waals surface area contributed by atoms with Gasteiger partial charge in [0.25, 0.3) is 0 Å². The maximum atomic E-state index is 13.1. The molecule has 152 valence electrons. The second kappa shape index (κ2) is 6.52. The zero-order chi connectivity index (χ0) is 20.3. The highest BCUT2D eigenvalue weighted by molar-refractivity contribution is 7.89. The van der Waals surface area contributed by atoms with Crippen LogP contribution in [0.5, 0.6) is 0 Å². The van der Waals surface area contributed by atoms with Crippen molar-refractivity contribution in [3.8, 4) is 0 Å². The van der Waals surface area contributed by atoms with E-state index in [0.29, 0.717) is 41.2 Å². The molecule has 8 nitrogen and oxygen atoms in total. The highest BCUT2D eigenvalue weighted by Gasteiger charge is 2.45. The average molecular weight is 405 g/mol. The van der Waals surface area contributed by atoms with Gasteiger partial charge in [-0.3, -0.25) is 5.10 Å². The van der Waals surface area contributed by atoms with E-state index in [0.717, 1.165) is 24.6 Å². The van der Waals surface area contributed by atoms with Crippen molar-refractivity contribution in [2.75, 3.05) is 31.1 Å². The molecule has 0 saturated carbocycles. The van der Waals surface area contributed by atoms with Crippen LogP contribution >= 0.6 is 0 Å². The maximum absolute atomic E-state index is 13.1. The molecule has 0 bridgehead atoms. The molecule has 2 unspecified atom stereocenters. The molecule has 0 aliphatic carbocycles. The van der Waals surface area contributed by atoms with Gasteiger partial charge in [-0.1, -0.05) is 20.8 Å². The molecule has 2 atom stereocenters. The predicted octanol–water partition coefficient (Wildman–Crippen LogP) is 1.87. The third kappa shape index (κ3) is 3.20. The van der Waals surface area contributed by atoms with Crippen LogP contribution in [0, 0.1) is 25.7 Å². The summed E-state index contributed by atoms with van der Waals surface area (Å²) in [5.41, 5.74) is 2.13. The Kier molecular flexibility index (Phi) is 4.50. The van der Waals surface area contributed by atoms with E-state index in [1.807, 2.05) is 0 Å². The summed E-state index contributed by atoms with van der Waals surface area (Å²) in [6.45, 7) is 12.6. The first-order chi connectivity index (χ1) is 13.1. The Labute approximate surface area is 166 Å². The van der Waals surface area contributed by atoms with Crippen LogP contribution in [0.15, 0.2) is 17.3 Å². The van der Waals surface area contributed by atoms with Crippen LogP contribution < -0.4 is 4.90 Å². The standard InChI is InChI=1S/C19H28N6O2S/c1-12-18(13(2)23-22-12)28(26,27)25-9-14-7-24(8-15(14)10-25)17-6-16(19(3,4)5)20-11-21-17/h6,11,14-15H,7-10H2,1-5H3,(H,22,23). The van der Waals surface area contributed by atoms with Crippen LogP contribution in [0.4, 0.5) is 5.82 Å². The molecule has 2 aromatic rings. The Hall–Kier alpha value is -2.00. The quantitative estimate of drug-likeness (QED) is 0.839. The largest absolute Gasteiger partial charge is 0.356 e. The molecule has 1 N–H and O–H groups in total. The first-order valence-electron chi connectivity index (χ1n) is 9.66. The minimum atomic E-state index is -3.51. The SMILES string of the molecule is Cc1n[nH]c(C)c1S(=O)(=O)N1CC2CN(c3cc(C(C)(C)C)ncn3)CC2C1. The van der Waals surface area contributed by atoms with E-state index in [1.165, 1.54) is 0 Å².